The van der Waals surface area contributed by atoms with E-state index in [2.05, 4.69) is 10.2 Å². The summed E-state index contributed by atoms with van der Waals surface area (Å²) in [5.41, 5.74) is 0. The van der Waals surface area contributed by atoms with Crippen LogP contribution in [0.25, 0.3) is 0 Å². The first kappa shape index (κ1) is 10.9. The number of nitrogens with zero attached hydrogens (tertiary/aromatic N) is 1. The van der Waals surface area contributed by atoms with Crippen molar-refractivity contribution in [2.45, 2.75) is 26.7 Å². The van der Waals surface area contributed by atoms with Gasteiger partial charge < -0.3 is 10.2 Å². The van der Waals surface area contributed by atoms with E-state index in [0.29, 0.717) is 0 Å². The molecule has 68 valence electrons. The summed E-state index contributed by atoms with van der Waals surface area (Å²) < 4.78 is 0. The molecule has 1 N–H and O–H groups in total. The van der Waals surface area contributed by atoms with E-state index < -0.39 is 0 Å². The summed E-state index contributed by atoms with van der Waals surface area (Å²) in [6.07, 6.45) is 2.81. The molecule has 0 spiro atoms. The monoisotopic (exact) mass is 158 g/mol. The smallest absolute Gasteiger partial charge is 0.0107 e. The first-order valence-corrected chi connectivity index (χ1v) is 4.80. The Morgan fingerprint density at radius 2 is 1.73 bits per heavy atom. The van der Waals surface area contributed by atoms with Crippen LogP contribution in [0.5, 0.6) is 0 Å². The van der Waals surface area contributed by atoms with E-state index in [1.165, 1.54) is 32.5 Å². The summed E-state index contributed by atoms with van der Waals surface area (Å²) in [6, 6.07) is 0. The van der Waals surface area contributed by atoms with Gasteiger partial charge in [-0.2, -0.15) is 0 Å². The molecule has 0 atom stereocenters. The third kappa shape index (κ3) is 5.22. The molecule has 2 nitrogen and oxygen atoms in total. The van der Waals surface area contributed by atoms with Crippen molar-refractivity contribution in [3.8, 4) is 0 Å². The zero-order valence-corrected chi connectivity index (χ0v) is 8.19. The average molecular weight is 158 g/mol. The van der Waals surface area contributed by atoms with Crippen molar-refractivity contribution in [3.05, 3.63) is 0 Å². The average Bonchev–Trinajstić information content (AvgIpc) is 2.57. The lowest BCUT2D eigenvalue weighted by molar-refractivity contribution is 0.340. The third-order valence-corrected chi connectivity index (χ3v) is 1.88. The molecule has 1 aliphatic rings. The summed E-state index contributed by atoms with van der Waals surface area (Å²) in [4.78, 5) is 2.51. The molecule has 0 saturated carbocycles. The zero-order valence-electron chi connectivity index (χ0n) is 8.19. The van der Waals surface area contributed by atoms with Crippen molar-refractivity contribution >= 4 is 0 Å². The molecule has 0 radical (unpaired) electrons. The van der Waals surface area contributed by atoms with Gasteiger partial charge in [0.15, 0.2) is 0 Å². The molecule has 11 heavy (non-hydrogen) atoms. The van der Waals surface area contributed by atoms with Crippen molar-refractivity contribution in [2.75, 3.05) is 33.2 Å². The fourth-order valence-electron chi connectivity index (χ4n) is 1.28. The highest BCUT2D eigenvalue weighted by Crippen LogP contribution is 2.05. The minimum Gasteiger partial charge on any atom is -0.318 e. The summed E-state index contributed by atoms with van der Waals surface area (Å²) in [7, 11) is 2.01. The molecule has 0 aromatic heterocycles. The Bertz CT molecular complexity index is 68.0. The quantitative estimate of drug-likeness (QED) is 0.666. The first-order valence-electron chi connectivity index (χ1n) is 4.80. The highest BCUT2D eigenvalue weighted by Gasteiger charge is 2.09. The second-order valence-corrected chi connectivity index (χ2v) is 2.65. The lowest BCUT2D eigenvalue weighted by Crippen LogP contribution is -2.27. The maximum atomic E-state index is 3.15. The van der Waals surface area contributed by atoms with E-state index in [9.17, 15) is 0 Å². The van der Waals surface area contributed by atoms with Crippen LogP contribution in [0.1, 0.15) is 26.7 Å². The molecule has 0 aromatic rings. The van der Waals surface area contributed by atoms with Gasteiger partial charge in [-0.15, -0.1) is 0 Å². The van der Waals surface area contributed by atoms with E-state index in [1.54, 1.807) is 0 Å². The van der Waals surface area contributed by atoms with Crippen LogP contribution in [0.4, 0.5) is 0 Å². The lowest BCUT2D eigenvalue weighted by atomic mass is 10.4. The van der Waals surface area contributed by atoms with Gasteiger partial charge in [-0.1, -0.05) is 13.8 Å². The molecule has 0 bridgehead atoms. The third-order valence-electron chi connectivity index (χ3n) is 1.88. The van der Waals surface area contributed by atoms with Crippen LogP contribution in [0.3, 0.4) is 0 Å². The van der Waals surface area contributed by atoms with Gasteiger partial charge in [-0.3, -0.25) is 0 Å². The van der Waals surface area contributed by atoms with Crippen LogP contribution in [0, 0.1) is 0 Å². The molecule has 1 aliphatic heterocycles. The largest absolute Gasteiger partial charge is 0.318 e. The molecule has 2 heteroatoms. The van der Waals surface area contributed by atoms with Gasteiger partial charge in [0.2, 0.25) is 0 Å². The lowest BCUT2D eigenvalue weighted by Gasteiger charge is -2.12. The van der Waals surface area contributed by atoms with Gasteiger partial charge in [0, 0.05) is 13.1 Å². The number of rotatable bonds is 3. The fourth-order valence-corrected chi connectivity index (χ4v) is 1.28. The Kier molecular flexibility index (Phi) is 7.96. The van der Waals surface area contributed by atoms with Crippen LogP contribution in [-0.4, -0.2) is 38.1 Å². The molecule has 0 amide bonds. The van der Waals surface area contributed by atoms with E-state index in [-0.39, 0.29) is 0 Å². The Hall–Kier alpha value is -0.0800. The Balaban J connectivity index is 0.000000461. The van der Waals surface area contributed by atoms with Crippen molar-refractivity contribution in [1.29, 1.82) is 0 Å². The van der Waals surface area contributed by atoms with E-state index in [4.69, 9.17) is 0 Å². The minimum atomic E-state index is 1.14. The Labute approximate surface area is 71.0 Å². The molecule has 0 unspecified atom stereocenters. The van der Waals surface area contributed by atoms with Gasteiger partial charge in [-0.05, 0) is 33.0 Å². The molecule has 1 heterocycles. The van der Waals surface area contributed by atoms with Gasteiger partial charge in [0.25, 0.3) is 0 Å². The Morgan fingerprint density at radius 1 is 1.18 bits per heavy atom. The summed E-state index contributed by atoms with van der Waals surface area (Å²) >= 11 is 0. The van der Waals surface area contributed by atoms with Gasteiger partial charge in [0.05, 0.1) is 0 Å². The highest BCUT2D eigenvalue weighted by atomic mass is 15.1. The van der Waals surface area contributed by atoms with Gasteiger partial charge in [-0.25, -0.2) is 0 Å². The number of likely N-dealkylation sites (N-methyl/N-ethyl adjacent to an activating group) is 1. The fraction of sp³-hybridized carbons (Fsp3) is 1.00. The van der Waals surface area contributed by atoms with Crippen molar-refractivity contribution in [2.24, 2.45) is 0 Å². The topological polar surface area (TPSA) is 15.3 Å². The minimum absolute atomic E-state index is 1.14. The standard InChI is InChI=1S/C7H16N2.C2H6/c1-8-4-7-9-5-2-3-6-9;1-2/h8H,2-7H2,1H3;1-2H3. The van der Waals surface area contributed by atoms with E-state index >= 15 is 0 Å². The normalized spacial score (nSPS) is 17.7. The number of likely N-dealkylation sites (tertiary alicyclic amines) is 1. The van der Waals surface area contributed by atoms with Crippen LogP contribution in [-0.2, 0) is 0 Å². The molecule has 1 fully saturated rings. The van der Waals surface area contributed by atoms with Gasteiger partial charge in [0.1, 0.15) is 0 Å². The molecule has 0 aromatic carbocycles. The number of nitrogens with one attached hydrogen (secondary N) is 1. The summed E-state index contributed by atoms with van der Waals surface area (Å²) in [5.74, 6) is 0. The van der Waals surface area contributed by atoms with Crippen LogP contribution in [0.15, 0.2) is 0 Å². The van der Waals surface area contributed by atoms with Gasteiger partial charge >= 0.3 is 0 Å². The Morgan fingerprint density at radius 3 is 2.18 bits per heavy atom. The van der Waals surface area contributed by atoms with Crippen molar-refractivity contribution in [1.82, 2.24) is 10.2 Å². The summed E-state index contributed by atoms with van der Waals surface area (Å²) in [6.45, 7) is 9.01. The maximum absolute atomic E-state index is 3.15. The van der Waals surface area contributed by atoms with E-state index in [1.807, 2.05) is 20.9 Å². The summed E-state index contributed by atoms with van der Waals surface area (Å²) in [5, 5.41) is 3.15. The number of hydrogen-bond donors (Lipinski definition) is 1. The van der Waals surface area contributed by atoms with Crippen molar-refractivity contribution < 1.29 is 0 Å². The van der Waals surface area contributed by atoms with E-state index in [0.717, 1.165) is 6.54 Å². The molecular formula is C9H22N2. The SMILES string of the molecule is CC.CNCCN1CCCC1. The highest BCUT2D eigenvalue weighted by molar-refractivity contribution is 4.65. The first-order chi connectivity index (χ1) is 5.43. The van der Waals surface area contributed by atoms with Crippen LogP contribution in [0.2, 0.25) is 0 Å². The molecule has 1 saturated heterocycles. The zero-order chi connectivity index (χ0) is 8.53. The predicted molar refractivity (Wildman–Crippen MR) is 50.9 cm³/mol. The van der Waals surface area contributed by atoms with Crippen LogP contribution < -0.4 is 5.32 Å². The molecule has 0 aliphatic carbocycles. The maximum Gasteiger partial charge on any atom is 0.0107 e. The van der Waals surface area contributed by atoms with Crippen molar-refractivity contribution in [3.63, 3.8) is 0 Å². The number of hydrogen-bond acceptors (Lipinski definition) is 2. The molecule has 1 rings (SSSR count). The molecular weight excluding hydrogens is 136 g/mol. The second-order valence-electron chi connectivity index (χ2n) is 2.65. The second kappa shape index (κ2) is 8.02. The van der Waals surface area contributed by atoms with Crippen LogP contribution >= 0.6 is 0 Å². The predicted octanol–water partition coefficient (Wildman–Crippen LogP) is 1.33.